The number of rotatable bonds is 5. The Bertz CT molecular complexity index is 472. The van der Waals surface area contributed by atoms with Gasteiger partial charge in [-0.3, -0.25) is 4.79 Å². The topological polar surface area (TPSA) is 87.7 Å². The predicted octanol–water partition coefficient (Wildman–Crippen LogP) is 3.09. The van der Waals surface area contributed by atoms with Crippen LogP contribution in [0.25, 0.3) is 0 Å². The van der Waals surface area contributed by atoms with Gasteiger partial charge in [-0.05, 0) is 18.6 Å². The molecule has 0 fully saturated rings. The van der Waals surface area contributed by atoms with Crippen LogP contribution < -0.4 is 11.1 Å². The van der Waals surface area contributed by atoms with Gasteiger partial charge in [0, 0.05) is 0 Å². The highest BCUT2D eigenvalue weighted by Gasteiger charge is 2.23. The van der Waals surface area contributed by atoms with Crippen LogP contribution in [0.2, 0.25) is 10.0 Å². The molecule has 0 heterocycles. The van der Waals surface area contributed by atoms with Crippen LogP contribution in [-0.4, -0.2) is 17.0 Å². The number of hydrogen-bond acceptors (Lipinski definition) is 3. The predicted molar refractivity (Wildman–Crippen MR) is 76.9 cm³/mol. The van der Waals surface area contributed by atoms with Gasteiger partial charge in [-0.15, -0.1) is 0 Å². The van der Waals surface area contributed by atoms with Crippen LogP contribution in [0.4, 0.5) is 5.69 Å². The molecule has 0 saturated carbocycles. The SMILES string of the molecule is CCCC(C(=O)Nc1c(Cl)cccc1Cl)C(N)=NO. The van der Waals surface area contributed by atoms with E-state index in [1.165, 1.54) is 0 Å². The van der Waals surface area contributed by atoms with Crippen molar-refractivity contribution in [2.24, 2.45) is 16.8 Å². The fourth-order valence-corrected chi connectivity index (χ4v) is 2.09. The number of carbonyl (C=O) groups excluding carboxylic acids is 1. The van der Waals surface area contributed by atoms with Crippen LogP contribution in [0, 0.1) is 5.92 Å². The monoisotopic (exact) mass is 303 g/mol. The molecule has 1 amide bonds. The van der Waals surface area contributed by atoms with E-state index >= 15 is 0 Å². The summed E-state index contributed by atoms with van der Waals surface area (Å²) in [7, 11) is 0. The summed E-state index contributed by atoms with van der Waals surface area (Å²) >= 11 is 11.9. The van der Waals surface area contributed by atoms with Gasteiger partial charge in [-0.2, -0.15) is 0 Å². The number of halogens is 2. The maximum Gasteiger partial charge on any atom is 0.235 e. The number of benzene rings is 1. The third kappa shape index (κ3) is 4.01. The largest absolute Gasteiger partial charge is 0.409 e. The van der Waals surface area contributed by atoms with E-state index < -0.39 is 11.8 Å². The normalized spacial score (nSPS) is 13.1. The summed E-state index contributed by atoms with van der Waals surface area (Å²) in [6.07, 6.45) is 1.17. The van der Waals surface area contributed by atoms with Crippen LogP contribution in [0.3, 0.4) is 0 Å². The summed E-state index contributed by atoms with van der Waals surface area (Å²) in [6.45, 7) is 1.90. The fraction of sp³-hybridized carbons (Fsp3) is 0.333. The van der Waals surface area contributed by atoms with Crippen molar-refractivity contribution in [2.45, 2.75) is 19.8 Å². The first-order valence-corrected chi connectivity index (χ1v) is 6.49. The van der Waals surface area contributed by atoms with E-state index in [1.54, 1.807) is 18.2 Å². The zero-order valence-electron chi connectivity index (χ0n) is 10.4. The number of oxime groups is 1. The van der Waals surface area contributed by atoms with Crippen LogP contribution in [-0.2, 0) is 4.79 Å². The first kappa shape index (κ1) is 15.6. The van der Waals surface area contributed by atoms with Gasteiger partial charge in [0.15, 0.2) is 5.84 Å². The smallest absolute Gasteiger partial charge is 0.235 e. The molecule has 0 aromatic heterocycles. The highest BCUT2D eigenvalue weighted by molar-refractivity contribution is 6.39. The molecule has 1 aromatic carbocycles. The summed E-state index contributed by atoms with van der Waals surface area (Å²) in [5, 5.41) is 14.8. The Morgan fingerprint density at radius 1 is 1.47 bits per heavy atom. The van der Waals surface area contributed by atoms with Crippen LogP contribution in [0.5, 0.6) is 0 Å². The Labute approximate surface area is 121 Å². The molecule has 5 nitrogen and oxygen atoms in total. The molecule has 1 atom stereocenters. The quantitative estimate of drug-likeness (QED) is 0.338. The molecule has 7 heteroatoms. The van der Waals surface area contributed by atoms with Crippen molar-refractivity contribution in [3.63, 3.8) is 0 Å². The van der Waals surface area contributed by atoms with E-state index in [0.29, 0.717) is 28.6 Å². The Balaban J connectivity index is 2.94. The van der Waals surface area contributed by atoms with Gasteiger partial charge in [0.1, 0.15) is 0 Å². The molecule has 0 aliphatic heterocycles. The Morgan fingerprint density at radius 3 is 2.53 bits per heavy atom. The highest BCUT2D eigenvalue weighted by atomic mass is 35.5. The van der Waals surface area contributed by atoms with E-state index in [0.717, 1.165) is 0 Å². The first-order chi connectivity index (χ1) is 9.01. The number of carbonyl (C=O) groups is 1. The molecule has 0 aliphatic carbocycles. The van der Waals surface area contributed by atoms with Crippen molar-refractivity contribution < 1.29 is 10.0 Å². The van der Waals surface area contributed by atoms with Gasteiger partial charge in [-0.1, -0.05) is 47.8 Å². The van der Waals surface area contributed by atoms with Gasteiger partial charge in [0.25, 0.3) is 0 Å². The molecule has 0 bridgehead atoms. The molecule has 104 valence electrons. The number of nitrogens with one attached hydrogen (secondary N) is 1. The van der Waals surface area contributed by atoms with Gasteiger partial charge >= 0.3 is 0 Å². The van der Waals surface area contributed by atoms with E-state index in [-0.39, 0.29) is 5.84 Å². The van der Waals surface area contributed by atoms with Crippen molar-refractivity contribution in [3.8, 4) is 0 Å². The molecule has 19 heavy (non-hydrogen) atoms. The Morgan fingerprint density at radius 2 is 2.05 bits per heavy atom. The maximum atomic E-state index is 12.1. The van der Waals surface area contributed by atoms with Crippen LogP contribution in [0.1, 0.15) is 19.8 Å². The van der Waals surface area contributed by atoms with Gasteiger partial charge in [0.05, 0.1) is 21.7 Å². The van der Waals surface area contributed by atoms with Crippen molar-refractivity contribution in [3.05, 3.63) is 28.2 Å². The number of amidine groups is 1. The summed E-state index contributed by atoms with van der Waals surface area (Å²) < 4.78 is 0. The second-order valence-electron chi connectivity index (χ2n) is 3.95. The minimum Gasteiger partial charge on any atom is -0.409 e. The maximum absolute atomic E-state index is 12.1. The standard InChI is InChI=1S/C12H15Cl2N3O2/c1-2-4-7(11(15)17-19)12(18)16-10-8(13)5-3-6-9(10)14/h3,5-7,19H,2,4H2,1H3,(H2,15,17)(H,16,18). The van der Waals surface area contributed by atoms with E-state index in [9.17, 15) is 4.79 Å². The minimum absolute atomic E-state index is 0.137. The molecule has 0 saturated heterocycles. The lowest BCUT2D eigenvalue weighted by Crippen LogP contribution is -2.34. The van der Waals surface area contributed by atoms with Crippen molar-refractivity contribution in [1.29, 1.82) is 0 Å². The van der Waals surface area contributed by atoms with Crippen molar-refractivity contribution in [2.75, 3.05) is 5.32 Å². The fourth-order valence-electron chi connectivity index (χ4n) is 1.60. The second-order valence-corrected chi connectivity index (χ2v) is 4.77. The zero-order chi connectivity index (χ0) is 14.4. The molecular formula is C12H15Cl2N3O2. The van der Waals surface area contributed by atoms with Crippen LogP contribution in [0.15, 0.2) is 23.4 Å². The van der Waals surface area contributed by atoms with Gasteiger partial charge in [-0.25, -0.2) is 0 Å². The molecule has 0 spiro atoms. The molecule has 0 radical (unpaired) electrons. The average molecular weight is 304 g/mol. The number of hydrogen-bond donors (Lipinski definition) is 3. The summed E-state index contributed by atoms with van der Waals surface area (Å²) in [5.74, 6) is -1.27. The molecule has 1 aromatic rings. The number of nitrogens with two attached hydrogens (primary N) is 1. The van der Waals surface area contributed by atoms with Gasteiger partial charge in [0.2, 0.25) is 5.91 Å². The molecule has 1 unspecified atom stereocenters. The minimum atomic E-state index is -0.720. The lowest BCUT2D eigenvalue weighted by Gasteiger charge is -2.16. The first-order valence-electron chi connectivity index (χ1n) is 5.73. The molecule has 1 rings (SSSR count). The third-order valence-electron chi connectivity index (χ3n) is 2.58. The summed E-state index contributed by atoms with van der Waals surface area (Å²) in [4.78, 5) is 12.1. The average Bonchev–Trinajstić information content (AvgIpc) is 2.39. The number of para-hydroxylation sites is 1. The van der Waals surface area contributed by atoms with E-state index in [4.69, 9.17) is 34.1 Å². The van der Waals surface area contributed by atoms with Gasteiger partial charge < -0.3 is 16.3 Å². The second kappa shape index (κ2) is 7.21. The number of nitrogens with zero attached hydrogens (tertiary/aromatic N) is 1. The highest BCUT2D eigenvalue weighted by Crippen LogP contribution is 2.30. The van der Waals surface area contributed by atoms with Crippen LogP contribution >= 0.6 is 23.2 Å². The molecule has 0 aliphatic rings. The van der Waals surface area contributed by atoms with Crippen molar-refractivity contribution in [1.82, 2.24) is 0 Å². The van der Waals surface area contributed by atoms with E-state index in [1.807, 2.05) is 6.92 Å². The lowest BCUT2D eigenvalue weighted by atomic mass is 10.0. The lowest BCUT2D eigenvalue weighted by molar-refractivity contribution is -0.118. The zero-order valence-corrected chi connectivity index (χ0v) is 11.9. The molecular weight excluding hydrogens is 289 g/mol. The Kier molecular flexibility index (Phi) is 5.92. The number of amides is 1. The summed E-state index contributed by atoms with van der Waals surface area (Å²) in [5.41, 5.74) is 5.83. The molecule has 4 N–H and O–H groups in total. The third-order valence-corrected chi connectivity index (χ3v) is 3.21. The van der Waals surface area contributed by atoms with E-state index in [2.05, 4.69) is 10.5 Å². The van der Waals surface area contributed by atoms with Crippen molar-refractivity contribution >= 4 is 40.6 Å². The summed E-state index contributed by atoms with van der Waals surface area (Å²) in [6, 6.07) is 4.90. The Hall–Kier alpha value is -1.46. The number of anilines is 1.